The van der Waals surface area contributed by atoms with Crippen LogP contribution < -0.4 is 9.80 Å². The lowest BCUT2D eigenvalue weighted by Crippen LogP contribution is -2.50. The van der Waals surface area contributed by atoms with Gasteiger partial charge in [-0.15, -0.1) is 0 Å². The highest BCUT2D eigenvalue weighted by Crippen LogP contribution is 2.47. The van der Waals surface area contributed by atoms with E-state index >= 15 is 0 Å². The van der Waals surface area contributed by atoms with Gasteiger partial charge in [-0.05, 0) is 59.7 Å². The number of benzene rings is 3. The van der Waals surface area contributed by atoms with Gasteiger partial charge in [-0.2, -0.15) is 0 Å². The van der Waals surface area contributed by atoms with Crippen LogP contribution in [0.4, 0.5) is 11.4 Å². The van der Waals surface area contributed by atoms with Gasteiger partial charge < -0.3 is 10.2 Å². The molecular weight excluding hydrogens is 563 g/mol. The molecule has 3 aliphatic rings. The van der Waals surface area contributed by atoms with Crippen molar-refractivity contribution in [3.63, 3.8) is 0 Å². The summed E-state index contributed by atoms with van der Waals surface area (Å²) in [6.07, 6.45) is 2.89. The molecule has 40 heavy (non-hydrogen) atoms. The molecule has 3 aromatic carbocycles. The molecule has 0 saturated heterocycles. The largest absolute Gasteiger partial charge is 0.478 e. The van der Waals surface area contributed by atoms with Crippen molar-refractivity contribution in [2.45, 2.75) is 11.8 Å². The number of nitrogens with zero attached hydrogens (tertiary/aromatic N) is 2. The highest BCUT2D eigenvalue weighted by Gasteiger charge is 2.49. The lowest BCUT2D eigenvalue weighted by Gasteiger charge is -2.40. The van der Waals surface area contributed by atoms with E-state index in [-0.39, 0.29) is 54.8 Å². The molecule has 2 aliphatic heterocycles. The van der Waals surface area contributed by atoms with Gasteiger partial charge in [0.05, 0.1) is 44.4 Å². The average molecular weight is 577 g/mol. The van der Waals surface area contributed by atoms with Crippen molar-refractivity contribution < 1.29 is 39.0 Å². The number of aromatic carboxylic acids is 2. The molecule has 6 rings (SSSR count). The van der Waals surface area contributed by atoms with E-state index in [9.17, 15) is 39.0 Å². The second-order valence-corrected chi connectivity index (χ2v) is 10.0. The van der Waals surface area contributed by atoms with Crippen molar-refractivity contribution in [2.75, 3.05) is 9.80 Å². The molecule has 0 aromatic heterocycles. The molecule has 0 saturated carbocycles. The third-order valence-electron chi connectivity index (χ3n) is 7.11. The summed E-state index contributed by atoms with van der Waals surface area (Å²) >= 11 is 12.5. The fourth-order valence-electron chi connectivity index (χ4n) is 5.32. The molecule has 2 atom stereocenters. The Morgan fingerprint density at radius 2 is 1.00 bits per heavy atom. The zero-order valence-corrected chi connectivity index (χ0v) is 21.4. The Hall–Kier alpha value is -4.80. The summed E-state index contributed by atoms with van der Waals surface area (Å²) in [6, 6.07) is 9.98. The Kier molecular flexibility index (Phi) is 5.65. The van der Waals surface area contributed by atoms with E-state index in [2.05, 4.69) is 0 Å². The molecule has 3 aromatic rings. The van der Waals surface area contributed by atoms with Crippen molar-refractivity contribution in [1.29, 1.82) is 0 Å². The number of imide groups is 2. The van der Waals surface area contributed by atoms with Gasteiger partial charge in [0, 0.05) is 11.1 Å². The zero-order chi connectivity index (χ0) is 28.6. The minimum atomic E-state index is -1.28. The van der Waals surface area contributed by atoms with Crippen molar-refractivity contribution in [1.82, 2.24) is 0 Å². The van der Waals surface area contributed by atoms with E-state index in [1.54, 1.807) is 0 Å². The highest BCUT2D eigenvalue weighted by atomic mass is 35.5. The van der Waals surface area contributed by atoms with Crippen LogP contribution in [-0.2, 0) is 9.59 Å². The molecule has 2 N–H and O–H groups in total. The number of hydrogen-bond donors (Lipinski definition) is 2. The van der Waals surface area contributed by atoms with E-state index in [0.29, 0.717) is 0 Å². The monoisotopic (exact) mass is 576 g/mol. The van der Waals surface area contributed by atoms with Crippen LogP contribution in [0.5, 0.6) is 0 Å². The third kappa shape index (κ3) is 3.50. The van der Waals surface area contributed by atoms with Gasteiger partial charge in [-0.1, -0.05) is 35.4 Å². The number of halogens is 2. The first-order valence-electron chi connectivity index (χ1n) is 11.7. The summed E-state index contributed by atoms with van der Waals surface area (Å²) in [5.74, 6) is -7.73. The summed E-state index contributed by atoms with van der Waals surface area (Å²) in [4.78, 5) is 79.2. The molecule has 0 bridgehead atoms. The molecule has 1 aliphatic carbocycles. The van der Waals surface area contributed by atoms with Crippen LogP contribution in [0, 0.1) is 0 Å². The van der Waals surface area contributed by atoms with Gasteiger partial charge in [0.15, 0.2) is 0 Å². The lowest BCUT2D eigenvalue weighted by molar-refractivity contribution is -0.120. The van der Waals surface area contributed by atoms with E-state index < -0.39 is 47.4 Å². The van der Waals surface area contributed by atoms with Crippen LogP contribution in [0.3, 0.4) is 0 Å². The molecule has 0 fully saturated rings. The standard InChI is InChI=1S/C28H14Cl2N2O8/c29-17-7-1-11(27(37)38)9-19(17)31-23(33)13-3-5-15-22-16(6-4-14(21(13)22)24(31)34)26(36)32(25(15)35)20-10-12(28(39)40)2-8-18(20)30/h1-10,13,15H,(H,37,38)(H,39,40). The molecule has 2 heterocycles. The highest BCUT2D eigenvalue weighted by molar-refractivity contribution is 6.39. The molecule has 0 spiro atoms. The summed E-state index contributed by atoms with van der Waals surface area (Å²) in [5, 5.41) is 18.7. The summed E-state index contributed by atoms with van der Waals surface area (Å²) in [6.45, 7) is 0. The number of carboxylic acid groups (broad SMARTS) is 2. The van der Waals surface area contributed by atoms with Crippen LogP contribution in [-0.4, -0.2) is 45.8 Å². The van der Waals surface area contributed by atoms with E-state index in [1.165, 1.54) is 48.6 Å². The lowest BCUT2D eigenvalue weighted by atomic mass is 9.72. The quantitative estimate of drug-likeness (QED) is 0.340. The molecular formula is C28H14Cl2N2O8. The Morgan fingerprint density at radius 1 is 0.625 bits per heavy atom. The minimum absolute atomic E-state index is 0.0211. The molecule has 10 nitrogen and oxygen atoms in total. The predicted octanol–water partition coefficient (Wildman–Crippen LogP) is 4.50. The van der Waals surface area contributed by atoms with Gasteiger partial charge in [-0.3, -0.25) is 19.2 Å². The molecule has 0 radical (unpaired) electrons. The number of amides is 4. The van der Waals surface area contributed by atoms with Crippen molar-refractivity contribution in [2.24, 2.45) is 0 Å². The van der Waals surface area contributed by atoms with Crippen molar-refractivity contribution in [3.8, 4) is 0 Å². The summed E-state index contributed by atoms with van der Waals surface area (Å²) < 4.78 is 0. The first kappa shape index (κ1) is 25.5. The van der Waals surface area contributed by atoms with Crippen molar-refractivity contribution in [3.05, 3.63) is 104 Å². The Balaban J connectivity index is 1.50. The summed E-state index contributed by atoms with van der Waals surface area (Å²) in [7, 11) is 0. The number of carbonyl (C=O) groups excluding carboxylic acids is 4. The zero-order valence-electron chi connectivity index (χ0n) is 19.9. The normalized spacial score (nSPS) is 19.1. The van der Waals surface area contributed by atoms with Crippen LogP contribution in [0.2, 0.25) is 10.0 Å². The molecule has 4 amide bonds. The number of hydrogen-bond acceptors (Lipinski definition) is 6. The van der Waals surface area contributed by atoms with E-state index in [0.717, 1.165) is 21.9 Å². The first-order valence-corrected chi connectivity index (χ1v) is 12.4. The van der Waals surface area contributed by atoms with Gasteiger partial charge in [0.1, 0.15) is 0 Å². The van der Waals surface area contributed by atoms with Gasteiger partial charge in [-0.25, -0.2) is 19.4 Å². The van der Waals surface area contributed by atoms with Gasteiger partial charge >= 0.3 is 11.9 Å². The SMILES string of the molecule is O=C(O)c1ccc(Cl)c(N2C(=O)c3ccc4c5c3C(C=CC5C(=O)N(c3cc(C(=O)O)ccc3Cl)C4=O)C2=O)c1. The number of anilines is 2. The molecule has 198 valence electrons. The number of rotatable bonds is 4. The second-order valence-electron chi connectivity index (χ2n) is 9.23. The predicted molar refractivity (Wildman–Crippen MR) is 142 cm³/mol. The topological polar surface area (TPSA) is 149 Å². The molecule has 12 heteroatoms. The maximum atomic E-state index is 13.7. The smallest absolute Gasteiger partial charge is 0.335 e. The van der Waals surface area contributed by atoms with E-state index in [1.807, 2.05) is 0 Å². The van der Waals surface area contributed by atoms with Crippen LogP contribution in [0.1, 0.15) is 64.4 Å². The Bertz CT molecular complexity index is 1670. The fourth-order valence-corrected chi connectivity index (χ4v) is 5.72. The van der Waals surface area contributed by atoms with E-state index in [4.69, 9.17) is 23.2 Å². The van der Waals surface area contributed by atoms with Crippen LogP contribution >= 0.6 is 23.2 Å². The average Bonchev–Trinajstić information content (AvgIpc) is 2.92. The molecule has 2 unspecified atom stereocenters. The fraction of sp³-hybridized carbons (Fsp3) is 0.0714. The van der Waals surface area contributed by atoms with Crippen molar-refractivity contribution >= 4 is 70.1 Å². The van der Waals surface area contributed by atoms with Gasteiger partial charge in [0.2, 0.25) is 11.8 Å². The maximum absolute atomic E-state index is 13.7. The number of carbonyl (C=O) groups is 6. The third-order valence-corrected chi connectivity index (χ3v) is 7.75. The number of carboxylic acids is 2. The first-order chi connectivity index (χ1) is 19.0. The van der Waals surface area contributed by atoms with Crippen LogP contribution in [0.25, 0.3) is 0 Å². The van der Waals surface area contributed by atoms with Gasteiger partial charge in [0.25, 0.3) is 11.8 Å². The van der Waals surface area contributed by atoms with Crippen LogP contribution in [0.15, 0.2) is 60.7 Å². The second kappa shape index (κ2) is 8.87. The summed E-state index contributed by atoms with van der Waals surface area (Å²) in [5.41, 5.74) is -0.0795. The Morgan fingerprint density at radius 3 is 1.35 bits per heavy atom. The minimum Gasteiger partial charge on any atom is -0.478 e. The Labute approximate surface area is 234 Å². The maximum Gasteiger partial charge on any atom is 0.335 e.